The Bertz CT molecular complexity index is 1260. The van der Waals surface area contributed by atoms with Crippen LogP contribution in [0.2, 0.25) is 0 Å². The predicted molar refractivity (Wildman–Crippen MR) is 135 cm³/mol. The molecule has 2 heterocycles. The van der Waals surface area contributed by atoms with Gasteiger partial charge in [0.25, 0.3) is 0 Å². The normalized spacial score (nSPS) is 22.6. The highest BCUT2D eigenvalue weighted by molar-refractivity contribution is 5.92. The molecule has 0 unspecified atom stereocenters. The monoisotopic (exact) mass is 471 g/mol. The number of hydrogen-bond donors (Lipinski definition) is 3. The predicted octanol–water partition coefficient (Wildman–Crippen LogP) is 4.70. The number of esters is 1. The van der Waals surface area contributed by atoms with Crippen molar-refractivity contribution in [1.29, 1.82) is 0 Å². The summed E-state index contributed by atoms with van der Waals surface area (Å²) in [6.07, 6.45) is 3.27. The molecule has 35 heavy (non-hydrogen) atoms. The number of methoxy groups -OCH3 is 1. The molecular weight excluding hydrogens is 442 g/mol. The standard InChI is InChI=1S/C27H29N5O3/c1-16-21(30-24-20(28)8-9-22(31-24)17-6-4-3-5-7-17)10-11-23(29-16)32-25(33)18-12-27(13-18)14-19(15-27)26(34)35-2/h3-11,18-19H,12-15,28H2,1-2H3,(H,30,31)(H,29,32,33). The molecule has 8 nitrogen and oxygen atoms in total. The van der Waals surface area contributed by atoms with Crippen LogP contribution in [0.15, 0.2) is 54.6 Å². The molecule has 5 rings (SSSR count). The first-order valence-corrected chi connectivity index (χ1v) is 11.8. The number of nitrogens with two attached hydrogens (primary N) is 1. The topological polar surface area (TPSA) is 119 Å². The van der Waals surface area contributed by atoms with E-state index in [0.717, 1.165) is 48.3 Å². The van der Waals surface area contributed by atoms with Crippen molar-refractivity contribution in [3.05, 3.63) is 60.3 Å². The van der Waals surface area contributed by atoms with Gasteiger partial charge >= 0.3 is 5.97 Å². The van der Waals surface area contributed by atoms with Crippen molar-refractivity contribution in [1.82, 2.24) is 9.97 Å². The van der Waals surface area contributed by atoms with Crippen LogP contribution in [0.1, 0.15) is 31.4 Å². The summed E-state index contributed by atoms with van der Waals surface area (Å²) in [5, 5.41) is 6.21. The van der Waals surface area contributed by atoms with Gasteiger partial charge in [-0.1, -0.05) is 30.3 Å². The van der Waals surface area contributed by atoms with Gasteiger partial charge in [0.1, 0.15) is 5.82 Å². The van der Waals surface area contributed by atoms with Crippen LogP contribution >= 0.6 is 0 Å². The summed E-state index contributed by atoms with van der Waals surface area (Å²) in [5.41, 5.74) is 10.1. The Hall–Kier alpha value is -3.94. The summed E-state index contributed by atoms with van der Waals surface area (Å²) < 4.78 is 4.82. The van der Waals surface area contributed by atoms with Crippen molar-refractivity contribution in [2.45, 2.75) is 32.6 Å². The summed E-state index contributed by atoms with van der Waals surface area (Å²) in [7, 11) is 1.42. The van der Waals surface area contributed by atoms with Gasteiger partial charge in [0.2, 0.25) is 5.91 Å². The van der Waals surface area contributed by atoms with Gasteiger partial charge in [-0.05, 0) is 62.3 Å². The zero-order valence-corrected chi connectivity index (χ0v) is 19.9. The van der Waals surface area contributed by atoms with E-state index in [1.165, 1.54) is 7.11 Å². The molecule has 0 bridgehead atoms. The van der Waals surface area contributed by atoms with Gasteiger partial charge in [0, 0.05) is 11.5 Å². The van der Waals surface area contributed by atoms with E-state index in [4.69, 9.17) is 10.5 Å². The number of aromatic nitrogens is 2. The lowest BCUT2D eigenvalue weighted by molar-refractivity contribution is -0.163. The first-order valence-electron chi connectivity index (χ1n) is 11.8. The van der Waals surface area contributed by atoms with Crippen LogP contribution in [-0.2, 0) is 14.3 Å². The van der Waals surface area contributed by atoms with Crippen molar-refractivity contribution in [3.8, 4) is 11.3 Å². The Kier molecular flexibility index (Phi) is 5.88. The number of hydrogen-bond acceptors (Lipinski definition) is 7. The highest BCUT2D eigenvalue weighted by Crippen LogP contribution is 2.61. The molecule has 4 N–H and O–H groups in total. The Morgan fingerprint density at radius 2 is 1.69 bits per heavy atom. The second-order valence-electron chi connectivity index (χ2n) is 9.68. The maximum atomic E-state index is 12.7. The fourth-order valence-corrected chi connectivity index (χ4v) is 5.28. The van der Waals surface area contributed by atoms with Gasteiger partial charge in [-0.15, -0.1) is 0 Å². The minimum atomic E-state index is -0.138. The van der Waals surface area contributed by atoms with Crippen LogP contribution in [0.25, 0.3) is 11.3 Å². The summed E-state index contributed by atoms with van der Waals surface area (Å²) >= 11 is 0. The third-order valence-electron chi connectivity index (χ3n) is 7.21. The molecule has 180 valence electrons. The van der Waals surface area contributed by atoms with E-state index < -0.39 is 0 Å². The number of nitrogens with zero attached hydrogens (tertiary/aromatic N) is 2. The van der Waals surface area contributed by atoms with Gasteiger partial charge in [0.15, 0.2) is 5.82 Å². The zero-order chi connectivity index (χ0) is 24.6. The van der Waals surface area contributed by atoms with Crippen molar-refractivity contribution in [3.63, 3.8) is 0 Å². The van der Waals surface area contributed by atoms with Crippen LogP contribution in [0.4, 0.5) is 23.0 Å². The Balaban J connectivity index is 1.20. The lowest BCUT2D eigenvalue weighted by atomic mass is 9.48. The number of benzene rings is 1. The van der Waals surface area contributed by atoms with Crippen LogP contribution < -0.4 is 16.4 Å². The number of aryl methyl sites for hydroxylation is 1. The molecule has 1 spiro atoms. The van der Waals surface area contributed by atoms with Crippen molar-refractivity contribution in [2.75, 3.05) is 23.5 Å². The molecule has 1 amide bonds. The lowest BCUT2D eigenvalue weighted by Gasteiger charge is -2.56. The van der Waals surface area contributed by atoms with Crippen molar-refractivity contribution < 1.29 is 14.3 Å². The van der Waals surface area contributed by atoms with E-state index in [0.29, 0.717) is 17.3 Å². The number of anilines is 4. The van der Waals surface area contributed by atoms with Gasteiger partial charge < -0.3 is 21.1 Å². The number of nitrogens with one attached hydrogen (secondary N) is 2. The maximum absolute atomic E-state index is 12.7. The average Bonchev–Trinajstić information content (AvgIpc) is 2.80. The second-order valence-corrected chi connectivity index (χ2v) is 9.68. The summed E-state index contributed by atoms with van der Waals surface area (Å²) in [6.45, 7) is 1.87. The average molecular weight is 472 g/mol. The number of ether oxygens (including phenoxy) is 1. The molecule has 0 saturated heterocycles. The maximum Gasteiger partial charge on any atom is 0.308 e. The van der Waals surface area contributed by atoms with Gasteiger partial charge in [-0.2, -0.15) is 0 Å². The van der Waals surface area contributed by atoms with Crippen LogP contribution in [0.5, 0.6) is 0 Å². The van der Waals surface area contributed by atoms with Gasteiger partial charge in [-0.25, -0.2) is 9.97 Å². The molecule has 0 atom stereocenters. The lowest BCUT2D eigenvalue weighted by Crippen LogP contribution is -2.52. The largest absolute Gasteiger partial charge is 0.469 e. The molecule has 2 saturated carbocycles. The van der Waals surface area contributed by atoms with Crippen LogP contribution in [0.3, 0.4) is 0 Å². The highest BCUT2D eigenvalue weighted by atomic mass is 16.5. The van der Waals surface area contributed by atoms with Gasteiger partial charge in [0.05, 0.1) is 35.8 Å². The zero-order valence-electron chi connectivity index (χ0n) is 19.9. The number of pyridine rings is 2. The van der Waals surface area contributed by atoms with Gasteiger partial charge in [-0.3, -0.25) is 9.59 Å². The minimum Gasteiger partial charge on any atom is -0.469 e. The minimum absolute atomic E-state index is 0.00900. The van der Waals surface area contributed by atoms with E-state index in [1.54, 1.807) is 6.07 Å². The highest BCUT2D eigenvalue weighted by Gasteiger charge is 2.56. The molecule has 2 aliphatic rings. The molecule has 0 aliphatic heterocycles. The molecule has 0 radical (unpaired) electrons. The molecule has 2 aliphatic carbocycles. The fourth-order valence-electron chi connectivity index (χ4n) is 5.28. The quantitative estimate of drug-likeness (QED) is 0.446. The Morgan fingerprint density at radius 1 is 0.971 bits per heavy atom. The van der Waals surface area contributed by atoms with E-state index in [1.807, 2.05) is 55.5 Å². The molecular formula is C27H29N5O3. The number of carbonyl (C=O) groups is 2. The molecule has 2 aromatic heterocycles. The van der Waals surface area contributed by atoms with E-state index >= 15 is 0 Å². The number of amides is 1. The molecule has 3 aromatic rings. The third kappa shape index (κ3) is 4.56. The van der Waals surface area contributed by atoms with E-state index in [2.05, 4.69) is 20.6 Å². The van der Waals surface area contributed by atoms with E-state index in [-0.39, 0.29) is 29.1 Å². The first kappa shape index (κ1) is 22.8. The number of rotatable bonds is 6. The fraction of sp³-hybridized carbons (Fsp3) is 0.333. The van der Waals surface area contributed by atoms with Crippen molar-refractivity contribution in [2.24, 2.45) is 17.3 Å². The van der Waals surface area contributed by atoms with Crippen molar-refractivity contribution >= 4 is 34.9 Å². The Labute approximate surface area is 204 Å². The Morgan fingerprint density at radius 3 is 2.37 bits per heavy atom. The SMILES string of the molecule is COC(=O)C1CC2(CC(C(=O)Nc3ccc(Nc4nc(-c5ccccc5)ccc4N)c(C)n3)C2)C1. The number of nitrogen functional groups attached to an aromatic ring is 1. The summed E-state index contributed by atoms with van der Waals surface area (Å²) in [4.78, 5) is 33.6. The third-order valence-corrected chi connectivity index (χ3v) is 7.21. The van der Waals surface area contributed by atoms with E-state index in [9.17, 15) is 9.59 Å². The van der Waals surface area contributed by atoms with Crippen LogP contribution in [-0.4, -0.2) is 29.0 Å². The molecule has 2 fully saturated rings. The summed E-state index contributed by atoms with van der Waals surface area (Å²) in [6, 6.07) is 17.3. The number of carbonyl (C=O) groups excluding carboxylic acids is 2. The first-order chi connectivity index (χ1) is 16.9. The molecule has 1 aromatic carbocycles. The van der Waals surface area contributed by atoms with Crippen LogP contribution in [0, 0.1) is 24.2 Å². The summed E-state index contributed by atoms with van der Waals surface area (Å²) in [5.74, 6) is 0.855. The smallest absolute Gasteiger partial charge is 0.308 e. The molecule has 8 heteroatoms. The second kappa shape index (κ2) is 9.02.